The van der Waals surface area contributed by atoms with Crippen molar-refractivity contribution in [2.75, 3.05) is 0 Å². The van der Waals surface area contributed by atoms with Gasteiger partial charge in [-0.15, -0.1) is 11.3 Å². The summed E-state index contributed by atoms with van der Waals surface area (Å²) in [7, 11) is 0. The van der Waals surface area contributed by atoms with Crippen LogP contribution in [0.15, 0.2) is 54.0 Å². The molecular weight excluding hydrogens is 298 g/mol. The fourth-order valence-electron chi connectivity index (χ4n) is 1.92. The number of thiazole rings is 1. The van der Waals surface area contributed by atoms with Crippen LogP contribution < -0.4 is 5.32 Å². The standard InChI is InChI=1S/C16H13N3O2S/c20-13-7-4-8-17-14(13)16-19-12(10-22-16)15(21)18-9-11-5-2-1-3-6-11/h1-8,10,20H,9H2,(H,18,21). The van der Waals surface area contributed by atoms with Gasteiger partial charge in [-0.25, -0.2) is 9.97 Å². The van der Waals surface area contributed by atoms with Gasteiger partial charge in [0.25, 0.3) is 5.91 Å². The molecule has 0 saturated carbocycles. The molecule has 0 aliphatic rings. The predicted octanol–water partition coefficient (Wildman–Crippen LogP) is 2.84. The highest BCUT2D eigenvalue weighted by molar-refractivity contribution is 7.13. The second-order valence-electron chi connectivity index (χ2n) is 4.58. The fourth-order valence-corrected chi connectivity index (χ4v) is 2.72. The number of carbonyl (C=O) groups excluding carboxylic acids is 1. The molecule has 22 heavy (non-hydrogen) atoms. The van der Waals surface area contributed by atoms with E-state index in [1.54, 1.807) is 23.7 Å². The zero-order chi connectivity index (χ0) is 15.4. The summed E-state index contributed by atoms with van der Waals surface area (Å²) in [5.74, 6) is -0.199. The molecule has 3 aromatic rings. The number of hydrogen-bond acceptors (Lipinski definition) is 5. The zero-order valence-electron chi connectivity index (χ0n) is 11.6. The highest BCUT2D eigenvalue weighted by Gasteiger charge is 2.14. The van der Waals surface area contributed by atoms with Crippen molar-refractivity contribution >= 4 is 17.2 Å². The molecule has 2 heterocycles. The van der Waals surface area contributed by atoms with Crippen LogP contribution >= 0.6 is 11.3 Å². The maximum absolute atomic E-state index is 12.1. The average Bonchev–Trinajstić information content (AvgIpc) is 3.04. The molecule has 0 atom stereocenters. The molecule has 0 saturated heterocycles. The maximum atomic E-state index is 12.1. The van der Waals surface area contributed by atoms with Crippen molar-refractivity contribution < 1.29 is 9.90 Å². The Morgan fingerprint density at radius 3 is 2.77 bits per heavy atom. The van der Waals surface area contributed by atoms with Gasteiger partial charge in [-0.3, -0.25) is 4.79 Å². The Kier molecular flexibility index (Phi) is 4.11. The minimum Gasteiger partial charge on any atom is -0.506 e. The minimum absolute atomic E-state index is 0.0492. The monoisotopic (exact) mass is 311 g/mol. The van der Waals surface area contributed by atoms with Crippen LogP contribution in [-0.2, 0) is 6.54 Å². The zero-order valence-corrected chi connectivity index (χ0v) is 12.4. The summed E-state index contributed by atoms with van der Waals surface area (Å²) >= 11 is 1.27. The van der Waals surface area contributed by atoms with Crippen LogP contribution in [0.5, 0.6) is 5.75 Å². The first-order chi connectivity index (χ1) is 10.7. The maximum Gasteiger partial charge on any atom is 0.271 e. The van der Waals surface area contributed by atoms with Gasteiger partial charge < -0.3 is 10.4 Å². The molecular formula is C16H13N3O2S. The second-order valence-corrected chi connectivity index (χ2v) is 5.44. The molecule has 0 aliphatic heterocycles. The summed E-state index contributed by atoms with van der Waals surface area (Å²) in [5, 5.41) is 14.8. The summed E-state index contributed by atoms with van der Waals surface area (Å²) < 4.78 is 0. The van der Waals surface area contributed by atoms with Gasteiger partial charge in [-0.1, -0.05) is 30.3 Å². The first kappa shape index (κ1) is 14.2. The largest absolute Gasteiger partial charge is 0.506 e. The second kappa shape index (κ2) is 6.36. The first-order valence-electron chi connectivity index (χ1n) is 6.66. The molecule has 3 rings (SSSR count). The van der Waals surface area contributed by atoms with Gasteiger partial charge in [-0.05, 0) is 17.7 Å². The molecule has 0 radical (unpaired) electrons. The van der Waals surface area contributed by atoms with Gasteiger partial charge in [0, 0.05) is 18.1 Å². The highest BCUT2D eigenvalue weighted by Crippen LogP contribution is 2.28. The highest BCUT2D eigenvalue weighted by atomic mass is 32.1. The Morgan fingerprint density at radius 2 is 2.00 bits per heavy atom. The van der Waals surface area contributed by atoms with Gasteiger partial charge in [0.2, 0.25) is 0 Å². The van der Waals surface area contributed by atoms with Crippen LogP contribution in [0.25, 0.3) is 10.7 Å². The van der Waals surface area contributed by atoms with Crippen LogP contribution in [0.1, 0.15) is 16.1 Å². The van der Waals surface area contributed by atoms with Crippen molar-refractivity contribution in [3.05, 3.63) is 65.3 Å². The lowest BCUT2D eigenvalue weighted by Crippen LogP contribution is -2.23. The van der Waals surface area contributed by atoms with Crippen LogP contribution in [0.2, 0.25) is 0 Å². The van der Waals surface area contributed by atoms with Crippen LogP contribution in [-0.4, -0.2) is 21.0 Å². The van der Waals surface area contributed by atoms with Crippen LogP contribution in [0.4, 0.5) is 0 Å². The van der Waals surface area contributed by atoms with Crippen LogP contribution in [0.3, 0.4) is 0 Å². The van der Waals surface area contributed by atoms with Gasteiger partial charge in [0.1, 0.15) is 22.1 Å². The van der Waals surface area contributed by atoms with E-state index >= 15 is 0 Å². The number of aromatic nitrogens is 2. The summed E-state index contributed by atoms with van der Waals surface area (Å²) in [6.45, 7) is 0.446. The number of benzene rings is 1. The van der Waals surface area contributed by atoms with Gasteiger partial charge >= 0.3 is 0 Å². The third-order valence-electron chi connectivity index (χ3n) is 3.02. The molecule has 0 unspecified atom stereocenters. The summed E-state index contributed by atoms with van der Waals surface area (Å²) in [6.07, 6.45) is 1.58. The molecule has 6 heteroatoms. The summed E-state index contributed by atoms with van der Waals surface area (Å²) in [5.41, 5.74) is 1.73. The lowest BCUT2D eigenvalue weighted by molar-refractivity contribution is 0.0946. The topological polar surface area (TPSA) is 75.1 Å². The number of carbonyl (C=O) groups is 1. The Balaban J connectivity index is 1.71. The number of aromatic hydroxyl groups is 1. The van der Waals surface area contributed by atoms with Crippen molar-refractivity contribution in [1.29, 1.82) is 0 Å². The Bertz CT molecular complexity index is 787. The molecule has 5 nitrogen and oxygen atoms in total. The van der Waals surface area contributed by atoms with E-state index in [1.165, 1.54) is 11.3 Å². The summed E-state index contributed by atoms with van der Waals surface area (Å²) in [6, 6.07) is 12.8. The minimum atomic E-state index is -0.248. The molecule has 1 amide bonds. The van der Waals surface area contributed by atoms with Crippen LogP contribution in [0, 0.1) is 0 Å². The van der Waals surface area contributed by atoms with Crippen molar-refractivity contribution in [2.24, 2.45) is 0 Å². The lowest BCUT2D eigenvalue weighted by atomic mass is 10.2. The Labute approximate surface area is 131 Å². The molecule has 2 aromatic heterocycles. The average molecular weight is 311 g/mol. The first-order valence-corrected chi connectivity index (χ1v) is 7.54. The third kappa shape index (κ3) is 3.12. The fraction of sp³-hybridized carbons (Fsp3) is 0.0625. The van der Waals surface area contributed by atoms with Crippen molar-refractivity contribution in [1.82, 2.24) is 15.3 Å². The molecule has 0 bridgehead atoms. The molecule has 0 spiro atoms. The molecule has 2 N–H and O–H groups in total. The van der Waals surface area contributed by atoms with Crippen molar-refractivity contribution in [2.45, 2.75) is 6.54 Å². The van der Waals surface area contributed by atoms with Gasteiger partial charge in [-0.2, -0.15) is 0 Å². The van der Waals surface area contributed by atoms with E-state index in [0.717, 1.165) is 5.56 Å². The van der Waals surface area contributed by atoms with E-state index < -0.39 is 0 Å². The number of pyridine rings is 1. The number of nitrogens with one attached hydrogen (secondary N) is 1. The quantitative estimate of drug-likeness (QED) is 0.777. The van der Waals surface area contributed by atoms with E-state index in [0.29, 0.717) is 22.9 Å². The van der Waals surface area contributed by atoms with Crippen molar-refractivity contribution in [3.63, 3.8) is 0 Å². The molecule has 0 fully saturated rings. The number of hydrogen-bond donors (Lipinski definition) is 2. The van der Waals surface area contributed by atoms with Crippen molar-refractivity contribution in [3.8, 4) is 16.5 Å². The van der Waals surface area contributed by atoms with Gasteiger partial charge in [0.15, 0.2) is 0 Å². The number of amides is 1. The number of nitrogens with zero attached hydrogens (tertiary/aromatic N) is 2. The normalized spacial score (nSPS) is 10.4. The lowest BCUT2D eigenvalue weighted by Gasteiger charge is -2.03. The van der Waals surface area contributed by atoms with E-state index in [4.69, 9.17) is 0 Å². The van der Waals surface area contributed by atoms with E-state index in [2.05, 4.69) is 15.3 Å². The number of rotatable bonds is 4. The van der Waals surface area contributed by atoms with E-state index in [9.17, 15) is 9.90 Å². The smallest absolute Gasteiger partial charge is 0.271 e. The van der Waals surface area contributed by atoms with Gasteiger partial charge in [0.05, 0.1) is 0 Å². The predicted molar refractivity (Wildman–Crippen MR) is 84.6 cm³/mol. The Hall–Kier alpha value is -2.73. The SMILES string of the molecule is O=C(NCc1ccccc1)c1csc(-c2ncccc2O)n1. The summed E-state index contributed by atoms with van der Waals surface area (Å²) in [4.78, 5) is 20.4. The Morgan fingerprint density at radius 1 is 1.18 bits per heavy atom. The molecule has 1 aromatic carbocycles. The van der Waals surface area contributed by atoms with E-state index in [1.807, 2.05) is 30.3 Å². The third-order valence-corrected chi connectivity index (χ3v) is 3.87. The van der Waals surface area contributed by atoms with E-state index in [-0.39, 0.29) is 11.7 Å². The molecule has 110 valence electrons. The molecule has 0 aliphatic carbocycles.